The summed E-state index contributed by atoms with van der Waals surface area (Å²) in [5, 5.41) is 7.79. The second-order valence-electron chi connectivity index (χ2n) is 13.0. The van der Waals surface area contributed by atoms with Gasteiger partial charge in [-0.1, -0.05) is 55.5 Å². The molecule has 10 heteroatoms. The number of aromatic nitrogens is 1. The predicted octanol–water partition coefficient (Wildman–Crippen LogP) is 6.71. The van der Waals surface area contributed by atoms with Crippen molar-refractivity contribution >= 4 is 44.7 Å². The molecule has 1 amide bonds. The summed E-state index contributed by atoms with van der Waals surface area (Å²) in [6.45, 7) is 7.01. The highest BCUT2D eigenvalue weighted by Crippen LogP contribution is 2.47. The Morgan fingerprint density at radius 1 is 1.19 bits per heavy atom. The summed E-state index contributed by atoms with van der Waals surface area (Å²) in [5.74, 6) is 1.40. The summed E-state index contributed by atoms with van der Waals surface area (Å²) < 4.78 is 21.5. The van der Waals surface area contributed by atoms with E-state index >= 15 is 0 Å². The molecule has 2 aliphatic carbocycles. The van der Waals surface area contributed by atoms with Crippen molar-refractivity contribution in [3.05, 3.63) is 54.1 Å². The summed E-state index contributed by atoms with van der Waals surface area (Å²) in [6, 6.07) is 17.5. The van der Waals surface area contributed by atoms with E-state index in [0.29, 0.717) is 30.4 Å². The summed E-state index contributed by atoms with van der Waals surface area (Å²) >= 11 is 3.54. The van der Waals surface area contributed by atoms with Crippen LogP contribution in [0.1, 0.15) is 51.5 Å². The van der Waals surface area contributed by atoms with Crippen LogP contribution in [0.2, 0.25) is 0 Å². The fourth-order valence-corrected chi connectivity index (χ4v) is 8.83. The molecule has 2 saturated heterocycles. The van der Waals surface area contributed by atoms with E-state index < -0.39 is 0 Å². The van der Waals surface area contributed by atoms with Crippen LogP contribution in [0, 0.1) is 17.8 Å². The minimum atomic E-state index is -0.342. The number of fused-ring (bicyclic) bond motifs is 2. The predicted molar refractivity (Wildman–Crippen MR) is 171 cm³/mol. The first kappa shape index (κ1) is 29.3. The average Bonchev–Trinajstić information content (AvgIpc) is 3.39. The molecule has 2 aromatic carbocycles. The standard InChI is InChI=1S/C33H42N4O4S2/c1-20(2)18-37(43-25-10-11-27-30(16-25)42-32(36-27)34-23-8-9-23)13-12-24(14-21-6-4-3-5-7-21)35-33(38)41-28-15-22-19-39-31-26(22)17-29(28)40-31/h3-7,10-11,16,20,22-24,26,28-29,31H,8-9,12-15,17-19H2,1-2H3,(H,34,36)(H,35,38)/t22?,24-,26?,28+,29?,31?/m1/s1. The third-order valence-corrected chi connectivity index (χ3v) is 10.9. The Bertz CT molecular complexity index is 1400. The lowest BCUT2D eigenvalue weighted by molar-refractivity contribution is -0.147. The average molecular weight is 623 g/mol. The van der Waals surface area contributed by atoms with Gasteiger partial charge in [0.2, 0.25) is 0 Å². The van der Waals surface area contributed by atoms with Gasteiger partial charge in [0, 0.05) is 36.0 Å². The number of amides is 1. The lowest BCUT2D eigenvalue weighted by Crippen LogP contribution is -2.44. The number of anilines is 1. The van der Waals surface area contributed by atoms with Crippen LogP contribution in [-0.2, 0) is 20.6 Å². The molecule has 4 fully saturated rings. The third kappa shape index (κ3) is 7.31. The Balaban J connectivity index is 0.998. The van der Waals surface area contributed by atoms with Gasteiger partial charge in [-0.05, 0) is 86.1 Å². The maximum Gasteiger partial charge on any atom is 0.407 e. The Hall–Kier alpha value is -2.37. The monoisotopic (exact) mass is 622 g/mol. The van der Waals surface area contributed by atoms with Gasteiger partial charge >= 0.3 is 6.09 Å². The van der Waals surface area contributed by atoms with E-state index in [1.54, 1.807) is 23.3 Å². The number of nitrogens with one attached hydrogen (secondary N) is 2. The number of carbonyl (C=O) groups excluding carboxylic acids is 1. The van der Waals surface area contributed by atoms with E-state index in [1.165, 1.54) is 28.0 Å². The first-order valence-corrected chi connectivity index (χ1v) is 17.4. The van der Waals surface area contributed by atoms with Crippen LogP contribution in [0.5, 0.6) is 0 Å². The van der Waals surface area contributed by atoms with Gasteiger partial charge in [0.05, 0.1) is 22.9 Å². The van der Waals surface area contributed by atoms with Gasteiger partial charge in [-0.25, -0.2) is 14.1 Å². The fourth-order valence-electron chi connectivity index (χ4n) is 6.60. The lowest BCUT2D eigenvalue weighted by Gasteiger charge is -2.32. The van der Waals surface area contributed by atoms with Crippen molar-refractivity contribution in [1.29, 1.82) is 0 Å². The zero-order valence-electron chi connectivity index (χ0n) is 24.9. The molecular weight excluding hydrogens is 581 g/mol. The molecular formula is C33H42N4O4S2. The van der Waals surface area contributed by atoms with E-state index in [0.717, 1.165) is 49.4 Å². The first-order valence-electron chi connectivity index (χ1n) is 15.8. The molecule has 8 nitrogen and oxygen atoms in total. The van der Waals surface area contributed by atoms with Crippen molar-refractivity contribution in [2.24, 2.45) is 17.8 Å². The molecule has 2 saturated carbocycles. The van der Waals surface area contributed by atoms with Crippen LogP contribution in [0.4, 0.5) is 9.93 Å². The molecule has 2 aliphatic heterocycles. The van der Waals surface area contributed by atoms with Crippen LogP contribution in [0.25, 0.3) is 10.2 Å². The molecule has 4 aliphatic rings. The lowest BCUT2D eigenvalue weighted by atomic mass is 9.80. The normalized spacial score (nSPS) is 26.7. The summed E-state index contributed by atoms with van der Waals surface area (Å²) in [5.41, 5.74) is 2.26. The number of hydrogen-bond donors (Lipinski definition) is 2. The SMILES string of the molecule is CC(C)CN(CC[C@H](Cc1ccccc1)NC(=O)O[C@H]1CC2COC3OC1CC23)Sc1ccc2nc(NC3CC3)sc2c1. The van der Waals surface area contributed by atoms with Crippen LogP contribution in [-0.4, -0.2) is 65.7 Å². The minimum absolute atomic E-state index is 0.0502. The highest BCUT2D eigenvalue weighted by molar-refractivity contribution is 7.97. The molecule has 1 aromatic heterocycles. The van der Waals surface area contributed by atoms with Crippen molar-refractivity contribution < 1.29 is 19.0 Å². The second kappa shape index (κ2) is 12.9. The number of benzene rings is 2. The van der Waals surface area contributed by atoms with E-state index in [9.17, 15) is 4.79 Å². The smallest absolute Gasteiger partial charge is 0.407 e. The largest absolute Gasteiger partial charge is 0.443 e. The molecule has 0 radical (unpaired) electrons. The van der Waals surface area contributed by atoms with E-state index in [2.05, 4.69) is 71.3 Å². The highest BCUT2D eigenvalue weighted by atomic mass is 32.2. The molecule has 4 unspecified atom stereocenters. The van der Waals surface area contributed by atoms with Crippen molar-refractivity contribution in [2.75, 3.05) is 25.0 Å². The number of nitrogens with zero attached hydrogens (tertiary/aromatic N) is 2. The number of carbonyl (C=O) groups is 1. The second-order valence-corrected chi connectivity index (χ2v) is 15.2. The number of alkyl carbamates (subject to hydrolysis) is 1. The summed E-state index contributed by atoms with van der Waals surface area (Å²) in [6.07, 6.45) is 5.08. The Morgan fingerprint density at radius 3 is 2.86 bits per heavy atom. The van der Waals surface area contributed by atoms with Gasteiger partial charge in [0.25, 0.3) is 0 Å². The van der Waals surface area contributed by atoms with Gasteiger partial charge in [0.1, 0.15) is 6.10 Å². The maximum absolute atomic E-state index is 13.3. The van der Waals surface area contributed by atoms with Crippen molar-refractivity contribution in [3.8, 4) is 0 Å². The van der Waals surface area contributed by atoms with Crippen LogP contribution in [0.3, 0.4) is 0 Å². The van der Waals surface area contributed by atoms with Crippen LogP contribution >= 0.6 is 23.3 Å². The van der Waals surface area contributed by atoms with E-state index in [-0.39, 0.29) is 30.6 Å². The Kier molecular flexibility index (Phi) is 8.82. The van der Waals surface area contributed by atoms with E-state index in [1.807, 2.05) is 6.07 Å². The fraction of sp³-hybridized carbons (Fsp3) is 0.576. The number of thiazole rings is 1. The molecule has 2 N–H and O–H groups in total. The van der Waals surface area contributed by atoms with Crippen LogP contribution < -0.4 is 10.6 Å². The molecule has 43 heavy (non-hydrogen) atoms. The van der Waals surface area contributed by atoms with Crippen LogP contribution in [0.15, 0.2) is 53.4 Å². The van der Waals surface area contributed by atoms with E-state index in [4.69, 9.17) is 19.2 Å². The molecule has 3 heterocycles. The number of ether oxygens (including phenoxy) is 3. The Morgan fingerprint density at radius 2 is 2.05 bits per heavy atom. The molecule has 3 aromatic rings. The van der Waals surface area contributed by atoms with Gasteiger partial charge in [-0.15, -0.1) is 0 Å². The molecule has 7 rings (SSSR count). The van der Waals surface area contributed by atoms with Gasteiger partial charge < -0.3 is 24.8 Å². The molecule has 0 spiro atoms. The minimum Gasteiger partial charge on any atom is -0.443 e. The van der Waals surface area contributed by atoms with Gasteiger partial charge in [-0.2, -0.15) is 0 Å². The van der Waals surface area contributed by atoms with Gasteiger partial charge in [0.15, 0.2) is 11.4 Å². The number of hydrogen-bond acceptors (Lipinski definition) is 9. The summed E-state index contributed by atoms with van der Waals surface area (Å²) in [4.78, 5) is 19.2. The van der Waals surface area contributed by atoms with Crippen molar-refractivity contribution in [1.82, 2.24) is 14.6 Å². The number of rotatable bonds is 13. The zero-order chi connectivity index (χ0) is 29.3. The van der Waals surface area contributed by atoms with Crippen molar-refractivity contribution in [2.45, 2.75) is 87.8 Å². The third-order valence-electron chi connectivity index (χ3n) is 8.89. The zero-order valence-corrected chi connectivity index (χ0v) is 26.6. The first-order chi connectivity index (χ1) is 20.9. The quantitative estimate of drug-likeness (QED) is 0.204. The van der Waals surface area contributed by atoms with Gasteiger partial charge in [-0.3, -0.25) is 0 Å². The topological polar surface area (TPSA) is 85.0 Å². The molecule has 6 atom stereocenters. The highest BCUT2D eigenvalue weighted by Gasteiger charge is 2.54. The molecule has 2 bridgehead atoms. The summed E-state index contributed by atoms with van der Waals surface area (Å²) in [7, 11) is 0. The van der Waals surface area contributed by atoms with Crippen molar-refractivity contribution in [3.63, 3.8) is 0 Å². The molecule has 230 valence electrons. The Labute approximate surface area is 262 Å². The maximum atomic E-state index is 13.3.